The van der Waals surface area contributed by atoms with E-state index in [0.717, 1.165) is 5.56 Å². The molecule has 126 valence electrons. The molecule has 2 aromatic carbocycles. The summed E-state index contributed by atoms with van der Waals surface area (Å²) in [5.74, 6) is -0.482. The van der Waals surface area contributed by atoms with Gasteiger partial charge in [-0.25, -0.2) is 9.18 Å². The van der Waals surface area contributed by atoms with E-state index in [1.54, 1.807) is 43.4 Å². The van der Waals surface area contributed by atoms with Crippen molar-refractivity contribution in [2.75, 3.05) is 20.1 Å². The molecule has 0 aliphatic carbocycles. The average molecular weight is 329 g/mol. The summed E-state index contributed by atoms with van der Waals surface area (Å²) in [5.41, 5.74) is 1.42. The van der Waals surface area contributed by atoms with E-state index in [-0.39, 0.29) is 17.8 Å². The van der Waals surface area contributed by atoms with Crippen molar-refractivity contribution in [1.29, 1.82) is 0 Å². The summed E-state index contributed by atoms with van der Waals surface area (Å²) in [5, 5.41) is 5.45. The van der Waals surface area contributed by atoms with Gasteiger partial charge < -0.3 is 15.5 Å². The molecular weight excluding hydrogens is 309 g/mol. The van der Waals surface area contributed by atoms with Gasteiger partial charge in [-0.15, -0.1) is 0 Å². The fraction of sp³-hybridized carbons (Fsp3) is 0.222. The number of carbonyl (C=O) groups excluding carboxylic acids is 2. The van der Waals surface area contributed by atoms with Gasteiger partial charge in [-0.2, -0.15) is 0 Å². The van der Waals surface area contributed by atoms with Crippen LogP contribution < -0.4 is 10.6 Å². The first-order chi connectivity index (χ1) is 11.6. The summed E-state index contributed by atoms with van der Waals surface area (Å²) in [6, 6.07) is 14.6. The predicted molar refractivity (Wildman–Crippen MR) is 90.0 cm³/mol. The van der Waals surface area contributed by atoms with Crippen LogP contribution in [-0.4, -0.2) is 37.0 Å². The van der Waals surface area contributed by atoms with Gasteiger partial charge >= 0.3 is 6.03 Å². The van der Waals surface area contributed by atoms with Crippen LogP contribution in [0.2, 0.25) is 0 Å². The number of nitrogens with one attached hydrogen (secondary N) is 2. The maximum absolute atomic E-state index is 12.8. The quantitative estimate of drug-likeness (QED) is 0.800. The molecule has 0 atom stereocenters. The van der Waals surface area contributed by atoms with Crippen LogP contribution in [0, 0.1) is 5.82 Å². The Hall–Kier alpha value is -2.89. The number of carbonyl (C=O) groups is 2. The molecular formula is C18H20FN3O2. The van der Waals surface area contributed by atoms with Gasteiger partial charge in [0.25, 0.3) is 5.91 Å². The van der Waals surface area contributed by atoms with Gasteiger partial charge in [0, 0.05) is 32.2 Å². The Labute approximate surface area is 140 Å². The van der Waals surface area contributed by atoms with Crippen LogP contribution in [0.15, 0.2) is 54.6 Å². The van der Waals surface area contributed by atoms with Crippen LogP contribution >= 0.6 is 0 Å². The van der Waals surface area contributed by atoms with E-state index >= 15 is 0 Å². The van der Waals surface area contributed by atoms with Crippen molar-refractivity contribution in [3.8, 4) is 0 Å². The molecule has 6 heteroatoms. The van der Waals surface area contributed by atoms with Crippen molar-refractivity contribution < 1.29 is 14.0 Å². The number of hydrogen-bond acceptors (Lipinski definition) is 2. The lowest BCUT2D eigenvalue weighted by Crippen LogP contribution is -2.41. The van der Waals surface area contributed by atoms with Gasteiger partial charge in [0.2, 0.25) is 0 Å². The van der Waals surface area contributed by atoms with Crippen LogP contribution in [0.4, 0.5) is 9.18 Å². The van der Waals surface area contributed by atoms with Gasteiger partial charge in [0.05, 0.1) is 0 Å². The Morgan fingerprint density at radius 2 is 1.58 bits per heavy atom. The minimum Gasteiger partial charge on any atom is -0.350 e. The minimum absolute atomic E-state index is 0.176. The van der Waals surface area contributed by atoms with Crippen molar-refractivity contribution in [1.82, 2.24) is 15.5 Å². The van der Waals surface area contributed by atoms with E-state index in [1.165, 1.54) is 17.0 Å². The standard InChI is InChI=1S/C18H20FN3O2/c1-22(13-14-7-9-16(19)10-8-14)18(24)21-12-11-20-17(23)15-5-3-2-4-6-15/h2-10H,11-13H2,1H3,(H,20,23)(H,21,24). The first-order valence-corrected chi connectivity index (χ1v) is 7.63. The van der Waals surface area contributed by atoms with E-state index in [0.29, 0.717) is 25.2 Å². The normalized spacial score (nSPS) is 10.1. The first kappa shape index (κ1) is 17.5. The van der Waals surface area contributed by atoms with Crippen LogP contribution in [0.3, 0.4) is 0 Å². The Bertz CT molecular complexity index is 674. The highest BCUT2D eigenvalue weighted by atomic mass is 19.1. The van der Waals surface area contributed by atoms with E-state index in [1.807, 2.05) is 6.07 Å². The molecule has 24 heavy (non-hydrogen) atoms. The Kier molecular flexibility index (Phi) is 6.31. The number of rotatable bonds is 6. The zero-order valence-electron chi connectivity index (χ0n) is 13.5. The monoisotopic (exact) mass is 329 g/mol. The van der Waals surface area contributed by atoms with E-state index in [9.17, 15) is 14.0 Å². The molecule has 0 bridgehead atoms. The molecule has 0 unspecified atom stereocenters. The van der Waals surface area contributed by atoms with Crippen LogP contribution in [0.5, 0.6) is 0 Å². The van der Waals surface area contributed by atoms with Crippen molar-refractivity contribution >= 4 is 11.9 Å². The third kappa shape index (κ3) is 5.39. The molecule has 2 N–H and O–H groups in total. The van der Waals surface area contributed by atoms with Crippen molar-refractivity contribution in [3.05, 3.63) is 71.5 Å². The summed E-state index contributed by atoms with van der Waals surface area (Å²) in [7, 11) is 1.65. The highest BCUT2D eigenvalue weighted by Crippen LogP contribution is 2.05. The van der Waals surface area contributed by atoms with Gasteiger partial charge in [0.1, 0.15) is 5.82 Å². The lowest BCUT2D eigenvalue weighted by atomic mass is 10.2. The molecule has 0 aliphatic heterocycles. The SMILES string of the molecule is CN(Cc1ccc(F)cc1)C(=O)NCCNC(=O)c1ccccc1. The average Bonchev–Trinajstić information content (AvgIpc) is 2.61. The minimum atomic E-state index is -0.306. The number of hydrogen-bond donors (Lipinski definition) is 2. The molecule has 0 saturated heterocycles. The highest BCUT2D eigenvalue weighted by molar-refractivity contribution is 5.94. The van der Waals surface area contributed by atoms with Crippen LogP contribution in [0.25, 0.3) is 0 Å². The molecule has 5 nitrogen and oxygen atoms in total. The molecule has 2 rings (SSSR count). The first-order valence-electron chi connectivity index (χ1n) is 7.63. The predicted octanol–water partition coefficient (Wildman–Crippen LogP) is 2.40. The van der Waals surface area contributed by atoms with Crippen LogP contribution in [0.1, 0.15) is 15.9 Å². The number of benzene rings is 2. The maximum Gasteiger partial charge on any atom is 0.317 e. The summed E-state index contributed by atoms with van der Waals surface area (Å²) in [4.78, 5) is 25.3. The third-order valence-corrected chi connectivity index (χ3v) is 3.40. The van der Waals surface area contributed by atoms with Crippen LogP contribution in [-0.2, 0) is 6.54 Å². The summed E-state index contributed by atoms with van der Waals surface area (Å²) in [6.45, 7) is 1.04. The number of urea groups is 1. The summed E-state index contributed by atoms with van der Waals surface area (Å²) >= 11 is 0. The topological polar surface area (TPSA) is 61.4 Å². The second-order valence-electron chi connectivity index (χ2n) is 5.34. The molecule has 0 fully saturated rings. The number of nitrogens with zero attached hydrogens (tertiary/aromatic N) is 1. The molecule has 0 radical (unpaired) electrons. The van der Waals surface area contributed by atoms with Gasteiger partial charge in [0.15, 0.2) is 0 Å². The van der Waals surface area contributed by atoms with Crippen molar-refractivity contribution in [3.63, 3.8) is 0 Å². The Morgan fingerprint density at radius 1 is 0.958 bits per heavy atom. The zero-order chi connectivity index (χ0) is 17.4. The Morgan fingerprint density at radius 3 is 2.25 bits per heavy atom. The lowest BCUT2D eigenvalue weighted by Gasteiger charge is -2.18. The molecule has 0 spiro atoms. The Balaban J connectivity index is 1.69. The van der Waals surface area contributed by atoms with E-state index < -0.39 is 0 Å². The van der Waals surface area contributed by atoms with Gasteiger partial charge in [-0.3, -0.25) is 4.79 Å². The molecule has 0 heterocycles. The second kappa shape index (κ2) is 8.67. The molecule has 0 aliphatic rings. The molecule has 2 aromatic rings. The number of halogens is 1. The highest BCUT2D eigenvalue weighted by Gasteiger charge is 2.09. The lowest BCUT2D eigenvalue weighted by molar-refractivity contribution is 0.0953. The van der Waals surface area contributed by atoms with Crippen molar-refractivity contribution in [2.45, 2.75) is 6.54 Å². The fourth-order valence-electron chi connectivity index (χ4n) is 2.11. The van der Waals surface area contributed by atoms with E-state index in [2.05, 4.69) is 10.6 Å². The molecule has 0 aromatic heterocycles. The molecule has 3 amide bonds. The second-order valence-corrected chi connectivity index (χ2v) is 5.34. The van der Waals surface area contributed by atoms with Gasteiger partial charge in [-0.05, 0) is 29.8 Å². The maximum atomic E-state index is 12.8. The number of amides is 3. The zero-order valence-corrected chi connectivity index (χ0v) is 13.5. The summed E-state index contributed by atoms with van der Waals surface area (Å²) in [6.07, 6.45) is 0. The smallest absolute Gasteiger partial charge is 0.317 e. The van der Waals surface area contributed by atoms with E-state index in [4.69, 9.17) is 0 Å². The summed E-state index contributed by atoms with van der Waals surface area (Å²) < 4.78 is 12.8. The van der Waals surface area contributed by atoms with Crippen molar-refractivity contribution in [2.24, 2.45) is 0 Å². The van der Waals surface area contributed by atoms with Gasteiger partial charge in [-0.1, -0.05) is 30.3 Å². The third-order valence-electron chi connectivity index (χ3n) is 3.40. The fourth-order valence-corrected chi connectivity index (χ4v) is 2.11. The molecule has 0 saturated carbocycles. The largest absolute Gasteiger partial charge is 0.350 e.